The van der Waals surface area contributed by atoms with E-state index in [4.69, 9.17) is 0 Å². The summed E-state index contributed by atoms with van der Waals surface area (Å²) >= 11 is 0. The molecule has 0 saturated heterocycles. The van der Waals surface area contributed by atoms with Crippen LogP contribution >= 0.6 is 0 Å². The smallest absolute Gasteiger partial charge is 0.159 e. The van der Waals surface area contributed by atoms with E-state index in [1.54, 1.807) is 6.92 Å². The fourth-order valence-corrected chi connectivity index (χ4v) is 0.673. The van der Waals surface area contributed by atoms with Crippen molar-refractivity contribution in [1.82, 2.24) is 0 Å². The van der Waals surface area contributed by atoms with Gasteiger partial charge in [-0.1, -0.05) is 30.3 Å². The van der Waals surface area contributed by atoms with Crippen molar-refractivity contribution < 1.29 is 25.9 Å². The van der Waals surface area contributed by atoms with Gasteiger partial charge in [-0.25, -0.2) is 0 Å². The van der Waals surface area contributed by atoms with Gasteiger partial charge in [-0.05, 0) is 6.92 Å². The summed E-state index contributed by atoms with van der Waals surface area (Å²) in [7, 11) is 0. The Bertz CT molecular complexity index is 206. The quantitative estimate of drug-likeness (QED) is 0.517. The van der Waals surface area contributed by atoms with E-state index in [0.717, 1.165) is 5.56 Å². The van der Waals surface area contributed by atoms with Crippen LogP contribution in [-0.2, 0) is 21.1 Å². The van der Waals surface area contributed by atoms with Crippen LogP contribution in [0.5, 0.6) is 0 Å². The van der Waals surface area contributed by atoms with Crippen LogP contribution in [0, 0.1) is 0 Å². The normalized spacial score (nSPS) is 8.10. The van der Waals surface area contributed by atoms with Gasteiger partial charge >= 0.3 is 0 Å². The number of ketones is 1. The molecular weight excluding hydrogens is 208 g/mol. The van der Waals surface area contributed by atoms with Crippen molar-refractivity contribution in [3.8, 4) is 0 Å². The molecule has 0 aromatic heterocycles. The Labute approximate surface area is 74.7 Å². The molecule has 0 radical (unpaired) electrons. The zero-order chi connectivity index (χ0) is 6.69. The average Bonchev–Trinajstić information content (AvgIpc) is 1.90. The third kappa shape index (κ3) is 2.45. The Balaban J connectivity index is 0.000000810. The number of carbonyl (C=O) groups is 1. The van der Waals surface area contributed by atoms with Gasteiger partial charge in [0, 0.05) is 26.6 Å². The SMILES string of the molecule is CC(=O)c1ccccc1.[Mo]. The standard InChI is InChI=1S/C8H8O.Mo/c1-7(9)8-5-3-2-4-6-8;/h2-6H,1H3;. The first-order valence-corrected chi connectivity index (χ1v) is 2.86. The van der Waals surface area contributed by atoms with Crippen LogP contribution in [0.25, 0.3) is 0 Å². The number of hydrogen-bond acceptors (Lipinski definition) is 1. The second-order valence-corrected chi connectivity index (χ2v) is 1.92. The summed E-state index contributed by atoms with van der Waals surface area (Å²) in [6.45, 7) is 1.56. The minimum absolute atomic E-state index is 0. The third-order valence-corrected chi connectivity index (χ3v) is 1.18. The predicted octanol–water partition coefficient (Wildman–Crippen LogP) is 1.89. The molecule has 0 fully saturated rings. The van der Waals surface area contributed by atoms with Crippen LogP contribution in [0.15, 0.2) is 30.3 Å². The Morgan fingerprint density at radius 2 is 1.70 bits per heavy atom. The molecule has 0 N–H and O–H groups in total. The molecule has 0 heterocycles. The molecule has 1 nitrogen and oxygen atoms in total. The van der Waals surface area contributed by atoms with E-state index in [1.807, 2.05) is 30.3 Å². The first-order valence-electron chi connectivity index (χ1n) is 2.86. The van der Waals surface area contributed by atoms with Crippen molar-refractivity contribution in [3.05, 3.63) is 35.9 Å². The van der Waals surface area contributed by atoms with Crippen molar-refractivity contribution in [2.45, 2.75) is 6.92 Å². The molecular formula is C8H8MoO. The fourth-order valence-electron chi connectivity index (χ4n) is 0.673. The van der Waals surface area contributed by atoms with Crippen molar-refractivity contribution in [1.29, 1.82) is 0 Å². The van der Waals surface area contributed by atoms with Crippen LogP contribution in [0.4, 0.5) is 0 Å². The summed E-state index contributed by atoms with van der Waals surface area (Å²) < 4.78 is 0. The van der Waals surface area contributed by atoms with E-state index in [2.05, 4.69) is 0 Å². The number of hydrogen-bond donors (Lipinski definition) is 0. The molecule has 0 bridgehead atoms. The second-order valence-electron chi connectivity index (χ2n) is 1.92. The molecule has 1 rings (SSSR count). The number of carbonyl (C=O) groups excluding carboxylic acids is 1. The third-order valence-electron chi connectivity index (χ3n) is 1.18. The molecule has 0 aliphatic rings. The van der Waals surface area contributed by atoms with Crippen LogP contribution < -0.4 is 0 Å². The zero-order valence-corrected chi connectivity index (χ0v) is 7.71. The molecule has 0 atom stereocenters. The van der Waals surface area contributed by atoms with Gasteiger partial charge in [0.05, 0.1) is 0 Å². The van der Waals surface area contributed by atoms with Gasteiger partial charge in [0.1, 0.15) is 0 Å². The van der Waals surface area contributed by atoms with Gasteiger partial charge in [0.2, 0.25) is 0 Å². The van der Waals surface area contributed by atoms with E-state index in [9.17, 15) is 4.79 Å². The number of benzene rings is 1. The summed E-state index contributed by atoms with van der Waals surface area (Å²) in [5, 5.41) is 0. The summed E-state index contributed by atoms with van der Waals surface area (Å²) in [5.74, 6) is 0.121. The largest absolute Gasteiger partial charge is 0.295 e. The van der Waals surface area contributed by atoms with Gasteiger partial charge in [-0.2, -0.15) is 0 Å². The van der Waals surface area contributed by atoms with Crippen molar-refractivity contribution in [3.63, 3.8) is 0 Å². The van der Waals surface area contributed by atoms with E-state index in [0.29, 0.717) is 0 Å². The average molecular weight is 216 g/mol. The van der Waals surface area contributed by atoms with E-state index in [-0.39, 0.29) is 26.8 Å². The monoisotopic (exact) mass is 218 g/mol. The second kappa shape index (κ2) is 4.40. The minimum atomic E-state index is 0. The maximum Gasteiger partial charge on any atom is 0.159 e. The maximum atomic E-state index is 10.6. The van der Waals surface area contributed by atoms with E-state index < -0.39 is 0 Å². The number of Topliss-reactive ketones (excluding diaryl/α,β-unsaturated/α-hetero) is 1. The minimum Gasteiger partial charge on any atom is -0.295 e. The summed E-state index contributed by atoms with van der Waals surface area (Å²) in [4.78, 5) is 10.6. The Morgan fingerprint density at radius 3 is 2.00 bits per heavy atom. The van der Waals surface area contributed by atoms with Crippen LogP contribution in [0.3, 0.4) is 0 Å². The first-order chi connectivity index (χ1) is 4.30. The molecule has 0 spiro atoms. The van der Waals surface area contributed by atoms with Gasteiger partial charge in [0.25, 0.3) is 0 Å². The molecule has 0 unspecified atom stereocenters. The van der Waals surface area contributed by atoms with Crippen molar-refractivity contribution >= 4 is 5.78 Å². The molecule has 2 heteroatoms. The molecule has 0 aliphatic carbocycles. The summed E-state index contributed by atoms with van der Waals surface area (Å²) in [6, 6.07) is 9.23. The van der Waals surface area contributed by atoms with E-state index in [1.165, 1.54) is 0 Å². The van der Waals surface area contributed by atoms with Crippen LogP contribution in [0.1, 0.15) is 17.3 Å². The molecule has 52 valence electrons. The molecule has 0 aliphatic heterocycles. The maximum absolute atomic E-state index is 10.6. The molecule has 0 amide bonds. The first kappa shape index (κ1) is 9.58. The summed E-state index contributed by atoms with van der Waals surface area (Å²) in [5.41, 5.74) is 0.775. The van der Waals surface area contributed by atoms with Crippen molar-refractivity contribution in [2.24, 2.45) is 0 Å². The van der Waals surface area contributed by atoms with E-state index >= 15 is 0 Å². The van der Waals surface area contributed by atoms with Crippen LogP contribution in [-0.4, -0.2) is 5.78 Å². The zero-order valence-electron chi connectivity index (χ0n) is 5.70. The molecule has 1 aromatic rings. The van der Waals surface area contributed by atoms with Crippen molar-refractivity contribution in [2.75, 3.05) is 0 Å². The topological polar surface area (TPSA) is 17.1 Å². The van der Waals surface area contributed by atoms with Gasteiger partial charge in [-0.15, -0.1) is 0 Å². The van der Waals surface area contributed by atoms with Gasteiger partial charge in [0.15, 0.2) is 5.78 Å². The van der Waals surface area contributed by atoms with Gasteiger partial charge < -0.3 is 0 Å². The number of rotatable bonds is 1. The fraction of sp³-hybridized carbons (Fsp3) is 0.125. The molecule has 10 heavy (non-hydrogen) atoms. The Kier molecular flexibility index (Phi) is 4.22. The Hall–Kier alpha value is -0.422. The van der Waals surface area contributed by atoms with Crippen LogP contribution in [0.2, 0.25) is 0 Å². The molecule has 1 aromatic carbocycles. The predicted molar refractivity (Wildman–Crippen MR) is 36.4 cm³/mol. The van der Waals surface area contributed by atoms with Gasteiger partial charge in [-0.3, -0.25) is 4.79 Å². The summed E-state index contributed by atoms with van der Waals surface area (Å²) in [6.07, 6.45) is 0. The Morgan fingerprint density at radius 1 is 1.20 bits per heavy atom. The molecule has 0 saturated carbocycles.